The predicted octanol–water partition coefficient (Wildman–Crippen LogP) is 1.27. The maximum atomic E-state index is 13.0. The molecule has 0 aromatic heterocycles. The van der Waals surface area contributed by atoms with Gasteiger partial charge in [0.1, 0.15) is 0 Å². The van der Waals surface area contributed by atoms with E-state index in [1.54, 1.807) is 0 Å². The number of piperidine rings is 1. The molecule has 0 aliphatic carbocycles. The predicted molar refractivity (Wildman–Crippen MR) is 105 cm³/mol. The average molecular weight is 397 g/mol. The lowest BCUT2D eigenvalue weighted by molar-refractivity contribution is -0.147. The number of hydrogen-bond acceptors (Lipinski definition) is 4. The molecule has 148 valence electrons. The van der Waals surface area contributed by atoms with Crippen molar-refractivity contribution in [3.8, 4) is 0 Å². The van der Waals surface area contributed by atoms with Crippen LogP contribution in [0.3, 0.4) is 0 Å². The lowest BCUT2D eigenvalue weighted by Gasteiger charge is -2.40. The van der Waals surface area contributed by atoms with Crippen molar-refractivity contribution in [3.63, 3.8) is 0 Å². The van der Waals surface area contributed by atoms with Crippen LogP contribution in [0.4, 0.5) is 0 Å². The summed E-state index contributed by atoms with van der Waals surface area (Å²) in [6.07, 6.45) is 3.31. The summed E-state index contributed by atoms with van der Waals surface area (Å²) >= 11 is 0. The first kappa shape index (κ1) is 24.4. The molecule has 2 aliphatic heterocycles. The third-order valence-electron chi connectivity index (χ3n) is 5.68. The van der Waals surface area contributed by atoms with Crippen LogP contribution in [0.2, 0.25) is 0 Å². The Labute approximate surface area is 164 Å². The zero-order chi connectivity index (χ0) is 16.9. The van der Waals surface area contributed by atoms with Gasteiger partial charge in [0.25, 0.3) is 0 Å². The summed E-state index contributed by atoms with van der Waals surface area (Å²) in [5.41, 5.74) is 5.46. The fraction of sp³-hybridized carbons (Fsp3) is 0.882. The van der Waals surface area contributed by atoms with E-state index in [0.717, 1.165) is 58.4 Å². The maximum absolute atomic E-state index is 13.0. The Balaban J connectivity index is 0.00000288. The molecule has 1 atom stereocenters. The zero-order valence-corrected chi connectivity index (χ0v) is 17.1. The Kier molecular flexibility index (Phi) is 11.0. The number of piperazine rings is 1. The summed E-state index contributed by atoms with van der Waals surface area (Å²) in [5, 5.41) is 3.27. The molecule has 2 saturated heterocycles. The fourth-order valence-electron chi connectivity index (χ4n) is 3.77. The van der Waals surface area contributed by atoms with E-state index in [9.17, 15) is 9.59 Å². The SMILES string of the molecule is CCC(CC)(CN)C(=O)N1CCCC(C(=O)N2CCNCC2)C1.Cl.Cl. The summed E-state index contributed by atoms with van der Waals surface area (Å²) in [4.78, 5) is 29.5. The molecular formula is C17H34Cl2N4O2. The number of hydrogen-bond donors (Lipinski definition) is 2. The molecule has 0 saturated carbocycles. The van der Waals surface area contributed by atoms with Crippen molar-refractivity contribution in [2.45, 2.75) is 39.5 Å². The number of halogens is 2. The molecule has 25 heavy (non-hydrogen) atoms. The second-order valence-corrected chi connectivity index (χ2v) is 6.86. The molecule has 1 unspecified atom stereocenters. The van der Waals surface area contributed by atoms with Crippen LogP contribution < -0.4 is 11.1 Å². The van der Waals surface area contributed by atoms with Gasteiger partial charge in [-0.15, -0.1) is 24.8 Å². The Morgan fingerprint density at radius 2 is 1.68 bits per heavy atom. The number of amides is 2. The van der Waals surface area contributed by atoms with E-state index in [1.807, 2.05) is 23.6 Å². The molecule has 0 bridgehead atoms. The summed E-state index contributed by atoms with van der Waals surface area (Å²) in [6, 6.07) is 0. The van der Waals surface area contributed by atoms with E-state index in [4.69, 9.17) is 5.73 Å². The lowest BCUT2D eigenvalue weighted by Crippen LogP contribution is -2.54. The van der Waals surface area contributed by atoms with E-state index in [0.29, 0.717) is 13.1 Å². The van der Waals surface area contributed by atoms with Crippen molar-refractivity contribution in [1.82, 2.24) is 15.1 Å². The second-order valence-electron chi connectivity index (χ2n) is 6.86. The first-order chi connectivity index (χ1) is 11.1. The highest BCUT2D eigenvalue weighted by Crippen LogP contribution is 2.30. The lowest BCUT2D eigenvalue weighted by atomic mass is 9.80. The Bertz CT molecular complexity index is 419. The van der Waals surface area contributed by atoms with Gasteiger partial charge in [0.15, 0.2) is 0 Å². The first-order valence-electron chi connectivity index (χ1n) is 9.07. The molecule has 6 nitrogen and oxygen atoms in total. The van der Waals surface area contributed by atoms with E-state index in [-0.39, 0.29) is 42.5 Å². The number of rotatable bonds is 5. The number of carbonyl (C=O) groups excluding carboxylic acids is 2. The van der Waals surface area contributed by atoms with Crippen LogP contribution in [-0.2, 0) is 9.59 Å². The highest BCUT2D eigenvalue weighted by Gasteiger charge is 2.40. The number of likely N-dealkylation sites (tertiary alicyclic amines) is 1. The minimum Gasteiger partial charge on any atom is -0.341 e. The number of carbonyl (C=O) groups is 2. The van der Waals surface area contributed by atoms with Gasteiger partial charge in [0.2, 0.25) is 11.8 Å². The highest BCUT2D eigenvalue weighted by atomic mass is 35.5. The van der Waals surface area contributed by atoms with Gasteiger partial charge in [-0.25, -0.2) is 0 Å². The Hall–Kier alpha value is -0.560. The molecule has 0 aromatic carbocycles. The van der Waals surface area contributed by atoms with Crippen LogP contribution in [0.15, 0.2) is 0 Å². The van der Waals surface area contributed by atoms with Crippen LogP contribution in [0.25, 0.3) is 0 Å². The van der Waals surface area contributed by atoms with Crippen molar-refractivity contribution < 1.29 is 9.59 Å². The van der Waals surface area contributed by atoms with E-state index in [2.05, 4.69) is 5.32 Å². The van der Waals surface area contributed by atoms with Crippen LogP contribution in [0.1, 0.15) is 39.5 Å². The molecule has 2 rings (SSSR count). The summed E-state index contributed by atoms with van der Waals surface area (Å²) in [6.45, 7) is 9.04. The summed E-state index contributed by atoms with van der Waals surface area (Å²) in [5.74, 6) is 0.313. The maximum Gasteiger partial charge on any atom is 0.230 e. The molecule has 8 heteroatoms. The molecule has 2 aliphatic rings. The van der Waals surface area contributed by atoms with Gasteiger partial charge in [-0.1, -0.05) is 13.8 Å². The van der Waals surface area contributed by atoms with Crippen molar-refractivity contribution in [2.24, 2.45) is 17.1 Å². The van der Waals surface area contributed by atoms with Gasteiger partial charge in [0.05, 0.1) is 11.3 Å². The number of nitrogens with two attached hydrogens (primary N) is 1. The molecule has 2 heterocycles. The molecule has 0 radical (unpaired) electrons. The molecular weight excluding hydrogens is 363 g/mol. The monoisotopic (exact) mass is 396 g/mol. The normalized spacial score (nSPS) is 21.2. The van der Waals surface area contributed by atoms with E-state index < -0.39 is 5.41 Å². The fourth-order valence-corrected chi connectivity index (χ4v) is 3.77. The van der Waals surface area contributed by atoms with Crippen LogP contribution >= 0.6 is 24.8 Å². The highest BCUT2D eigenvalue weighted by molar-refractivity contribution is 5.86. The third kappa shape index (κ3) is 5.46. The van der Waals surface area contributed by atoms with E-state index >= 15 is 0 Å². The average Bonchev–Trinajstić information content (AvgIpc) is 2.63. The van der Waals surface area contributed by atoms with Gasteiger partial charge in [-0.2, -0.15) is 0 Å². The van der Waals surface area contributed by atoms with Crippen molar-refractivity contribution in [1.29, 1.82) is 0 Å². The van der Waals surface area contributed by atoms with Gasteiger partial charge in [0, 0.05) is 45.8 Å². The molecule has 3 N–H and O–H groups in total. The van der Waals surface area contributed by atoms with Gasteiger partial charge < -0.3 is 20.9 Å². The minimum atomic E-state index is -0.458. The molecule has 2 amide bonds. The zero-order valence-electron chi connectivity index (χ0n) is 15.5. The standard InChI is InChI=1S/C17H32N4O2.2ClH/c1-3-17(4-2,13-18)16(23)21-9-5-6-14(12-21)15(22)20-10-7-19-8-11-20;;/h14,19H,3-13,18H2,1-2H3;2*1H. The van der Waals surface area contributed by atoms with Crippen molar-refractivity contribution >= 4 is 36.6 Å². The van der Waals surface area contributed by atoms with Crippen molar-refractivity contribution in [3.05, 3.63) is 0 Å². The van der Waals surface area contributed by atoms with Crippen molar-refractivity contribution in [2.75, 3.05) is 45.8 Å². The first-order valence-corrected chi connectivity index (χ1v) is 9.07. The molecule has 0 spiro atoms. The summed E-state index contributed by atoms with van der Waals surface area (Å²) < 4.78 is 0. The third-order valence-corrected chi connectivity index (χ3v) is 5.68. The minimum absolute atomic E-state index is 0. The number of nitrogens with zero attached hydrogens (tertiary/aromatic N) is 2. The quantitative estimate of drug-likeness (QED) is 0.732. The largest absolute Gasteiger partial charge is 0.341 e. The number of nitrogens with one attached hydrogen (secondary N) is 1. The van der Waals surface area contributed by atoms with Gasteiger partial charge in [-0.05, 0) is 25.7 Å². The summed E-state index contributed by atoms with van der Waals surface area (Å²) in [7, 11) is 0. The van der Waals surface area contributed by atoms with Crippen LogP contribution in [-0.4, -0.2) is 67.4 Å². The topological polar surface area (TPSA) is 78.7 Å². The van der Waals surface area contributed by atoms with Gasteiger partial charge in [-0.3, -0.25) is 9.59 Å². The molecule has 2 fully saturated rings. The smallest absolute Gasteiger partial charge is 0.230 e. The Morgan fingerprint density at radius 1 is 1.08 bits per heavy atom. The van der Waals surface area contributed by atoms with Gasteiger partial charge >= 0.3 is 0 Å². The molecule has 0 aromatic rings. The van der Waals surface area contributed by atoms with E-state index in [1.165, 1.54) is 0 Å². The Morgan fingerprint density at radius 3 is 2.20 bits per heavy atom. The van der Waals surface area contributed by atoms with Crippen LogP contribution in [0.5, 0.6) is 0 Å². The second kappa shape index (κ2) is 11.2. The van der Waals surface area contributed by atoms with Crippen LogP contribution in [0, 0.1) is 11.3 Å².